The fourth-order valence-corrected chi connectivity index (χ4v) is 3.45. The van der Waals surface area contributed by atoms with E-state index in [0.717, 1.165) is 44.5 Å². The van der Waals surface area contributed by atoms with Gasteiger partial charge in [-0.3, -0.25) is 4.79 Å². The van der Waals surface area contributed by atoms with Crippen LogP contribution in [-0.2, 0) is 17.6 Å². The minimum absolute atomic E-state index is 0. The third-order valence-corrected chi connectivity index (χ3v) is 4.60. The van der Waals surface area contributed by atoms with E-state index in [-0.39, 0.29) is 18.3 Å². The molecular formula is C17H25ClN2O. The molecule has 0 unspecified atom stereocenters. The van der Waals surface area contributed by atoms with Gasteiger partial charge in [0, 0.05) is 12.1 Å². The Morgan fingerprint density at radius 1 is 1.19 bits per heavy atom. The van der Waals surface area contributed by atoms with E-state index < -0.39 is 0 Å². The Labute approximate surface area is 133 Å². The van der Waals surface area contributed by atoms with E-state index >= 15 is 0 Å². The van der Waals surface area contributed by atoms with E-state index in [1.807, 2.05) is 0 Å². The highest BCUT2D eigenvalue weighted by atomic mass is 35.5. The number of piperidine rings is 1. The first-order valence-corrected chi connectivity index (χ1v) is 7.94. The van der Waals surface area contributed by atoms with Gasteiger partial charge in [0.2, 0.25) is 5.91 Å². The summed E-state index contributed by atoms with van der Waals surface area (Å²) >= 11 is 0. The van der Waals surface area contributed by atoms with Crippen LogP contribution in [0.5, 0.6) is 0 Å². The number of hydrogen-bond donors (Lipinski definition) is 2. The Bertz CT molecular complexity index is 484. The molecule has 116 valence electrons. The van der Waals surface area contributed by atoms with Crippen LogP contribution in [0.2, 0.25) is 0 Å². The summed E-state index contributed by atoms with van der Waals surface area (Å²) < 4.78 is 0. The molecule has 1 aliphatic carbocycles. The third-order valence-electron chi connectivity index (χ3n) is 4.60. The van der Waals surface area contributed by atoms with Crippen molar-refractivity contribution in [3.05, 3.63) is 29.3 Å². The van der Waals surface area contributed by atoms with Crippen LogP contribution in [0.25, 0.3) is 0 Å². The molecule has 1 aliphatic heterocycles. The maximum absolute atomic E-state index is 12.2. The first-order chi connectivity index (χ1) is 9.83. The quantitative estimate of drug-likeness (QED) is 0.899. The van der Waals surface area contributed by atoms with Gasteiger partial charge in [0.1, 0.15) is 0 Å². The summed E-state index contributed by atoms with van der Waals surface area (Å²) in [5.74, 6) is 0.742. The SMILES string of the molecule is Cl.O=C(CC1CCNCC1)Nc1cccc2c1CCCC2. The number of nitrogens with one attached hydrogen (secondary N) is 2. The molecule has 2 N–H and O–H groups in total. The maximum atomic E-state index is 12.2. The molecular weight excluding hydrogens is 284 g/mol. The van der Waals surface area contributed by atoms with Gasteiger partial charge < -0.3 is 10.6 Å². The van der Waals surface area contributed by atoms with Crippen molar-refractivity contribution in [3.8, 4) is 0 Å². The van der Waals surface area contributed by atoms with E-state index in [9.17, 15) is 4.79 Å². The molecule has 0 bridgehead atoms. The van der Waals surface area contributed by atoms with Gasteiger partial charge >= 0.3 is 0 Å². The average Bonchev–Trinajstić information content (AvgIpc) is 2.48. The molecule has 0 saturated carbocycles. The Morgan fingerprint density at radius 3 is 2.76 bits per heavy atom. The highest BCUT2D eigenvalue weighted by Gasteiger charge is 2.18. The molecule has 1 fully saturated rings. The van der Waals surface area contributed by atoms with E-state index in [4.69, 9.17) is 0 Å². The van der Waals surface area contributed by atoms with Crippen LogP contribution in [0, 0.1) is 5.92 Å². The van der Waals surface area contributed by atoms with Crippen molar-refractivity contribution in [2.75, 3.05) is 18.4 Å². The molecule has 1 aromatic rings. The van der Waals surface area contributed by atoms with Crippen molar-refractivity contribution in [2.24, 2.45) is 5.92 Å². The lowest BCUT2D eigenvalue weighted by molar-refractivity contribution is -0.117. The molecule has 1 aromatic carbocycles. The van der Waals surface area contributed by atoms with Gasteiger partial charge in [0.15, 0.2) is 0 Å². The van der Waals surface area contributed by atoms with Crippen molar-refractivity contribution in [2.45, 2.75) is 44.9 Å². The third kappa shape index (κ3) is 4.21. The van der Waals surface area contributed by atoms with E-state index in [0.29, 0.717) is 12.3 Å². The Kier molecular flexibility index (Phi) is 6.07. The van der Waals surface area contributed by atoms with Gasteiger partial charge in [0.05, 0.1) is 0 Å². The van der Waals surface area contributed by atoms with Crippen molar-refractivity contribution < 1.29 is 4.79 Å². The standard InChI is InChI=1S/C17H24N2O.ClH/c20-17(12-13-8-10-18-11-9-13)19-16-7-3-5-14-4-1-2-6-15(14)16;/h3,5,7,13,18H,1-2,4,6,8-12H2,(H,19,20);1H. The minimum Gasteiger partial charge on any atom is -0.326 e. The van der Waals surface area contributed by atoms with Crippen LogP contribution in [0.1, 0.15) is 43.2 Å². The zero-order valence-electron chi connectivity index (χ0n) is 12.5. The molecule has 0 atom stereocenters. The number of anilines is 1. The van der Waals surface area contributed by atoms with Crippen molar-refractivity contribution >= 4 is 24.0 Å². The van der Waals surface area contributed by atoms with Gasteiger partial charge in [-0.25, -0.2) is 0 Å². The summed E-state index contributed by atoms with van der Waals surface area (Å²) in [5, 5.41) is 6.50. The number of amides is 1. The first kappa shape index (κ1) is 16.3. The van der Waals surface area contributed by atoms with E-state index in [1.54, 1.807) is 0 Å². The zero-order valence-corrected chi connectivity index (χ0v) is 13.3. The Morgan fingerprint density at radius 2 is 1.95 bits per heavy atom. The number of carbonyl (C=O) groups is 1. The van der Waals surface area contributed by atoms with Crippen LogP contribution in [0.3, 0.4) is 0 Å². The van der Waals surface area contributed by atoms with Crippen molar-refractivity contribution in [1.82, 2.24) is 5.32 Å². The lowest BCUT2D eigenvalue weighted by Gasteiger charge is -2.23. The van der Waals surface area contributed by atoms with Crippen LogP contribution < -0.4 is 10.6 Å². The monoisotopic (exact) mass is 308 g/mol. The molecule has 0 spiro atoms. The Balaban J connectivity index is 0.00000161. The molecule has 3 rings (SSSR count). The second-order valence-electron chi connectivity index (χ2n) is 6.10. The number of carbonyl (C=O) groups excluding carboxylic acids is 1. The van der Waals surface area contributed by atoms with E-state index in [2.05, 4.69) is 28.8 Å². The van der Waals surface area contributed by atoms with Crippen LogP contribution in [-0.4, -0.2) is 19.0 Å². The molecule has 0 radical (unpaired) electrons. The Hall–Kier alpha value is -1.06. The summed E-state index contributed by atoms with van der Waals surface area (Å²) in [4.78, 5) is 12.2. The van der Waals surface area contributed by atoms with Gasteiger partial charge in [0.25, 0.3) is 0 Å². The molecule has 3 nitrogen and oxygen atoms in total. The normalized spacial score (nSPS) is 18.5. The molecule has 2 aliphatic rings. The van der Waals surface area contributed by atoms with Gasteiger partial charge in [-0.15, -0.1) is 12.4 Å². The zero-order chi connectivity index (χ0) is 13.8. The van der Waals surface area contributed by atoms with Gasteiger partial charge in [-0.05, 0) is 74.7 Å². The lowest BCUT2D eigenvalue weighted by atomic mass is 9.90. The van der Waals surface area contributed by atoms with Crippen LogP contribution in [0.15, 0.2) is 18.2 Å². The molecule has 1 saturated heterocycles. The predicted molar refractivity (Wildman–Crippen MR) is 89.2 cm³/mol. The molecule has 0 aromatic heterocycles. The van der Waals surface area contributed by atoms with E-state index in [1.165, 1.54) is 24.0 Å². The molecule has 21 heavy (non-hydrogen) atoms. The van der Waals surface area contributed by atoms with Gasteiger partial charge in [-0.1, -0.05) is 12.1 Å². The predicted octanol–water partition coefficient (Wildman–Crippen LogP) is 3.32. The number of halogens is 1. The number of hydrogen-bond acceptors (Lipinski definition) is 2. The second-order valence-corrected chi connectivity index (χ2v) is 6.10. The summed E-state index contributed by atoms with van der Waals surface area (Å²) in [6.45, 7) is 2.11. The lowest BCUT2D eigenvalue weighted by Crippen LogP contribution is -2.30. The minimum atomic E-state index is 0. The van der Waals surface area contributed by atoms with Crippen LogP contribution in [0.4, 0.5) is 5.69 Å². The van der Waals surface area contributed by atoms with Crippen molar-refractivity contribution in [1.29, 1.82) is 0 Å². The van der Waals surface area contributed by atoms with Gasteiger partial charge in [-0.2, -0.15) is 0 Å². The number of fused-ring (bicyclic) bond motifs is 1. The highest BCUT2D eigenvalue weighted by molar-refractivity contribution is 5.91. The summed E-state index contributed by atoms with van der Waals surface area (Å²) in [5.41, 5.74) is 3.86. The van der Waals surface area contributed by atoms with Crippen LogP contribution >= 0.6 is 12.4 Å². The molecule has 1 heterocycles. The largest absolute Gasteiger partial charge is 0.326 e. The summed E-state index contributed by atoms with van der Waals surface area (Å²) in [6.07, 6.45) is 7.71. The topological polar surface area (TPSA) is 41.1 Å². The summed E-state index contributed by atoms with van der Waals surface area (Å²) in [7, 11) is 0. The maximum Gasteiger partial charge on any atom is 0.224 e. The molecule has 1 amide bonds. The van der Waals surface area contributed by atoms with Crippen molar-refractivity contribution in [3.63, 3.8) is 0 Å². The fourth-order valence-electron chi connectivity index (χ4n) is 3.45. The fraction of sp³-hybridized carbons (Fsp3) is 0.588. The second kappa shape index (κ2) is 7.81. The average molecular weight is 309 g/mol. The summed E-state index contributed by atoms with van der Waals surface area (Å²) in [6, 6.07) is 6.34. The smallest absolute Gasteiger partial charge is 0.224 e. The first-order valence-electron chi connectivity index (χ1n) is 7.94. The number of aryl methyl sites for hydroxylation is 1. The molecule has 4 heteroatoms. The number of rotatable bonds is 3. The number of benzene rings is 1. The highest BCUT2D eigenvalue weighted by Crippen LogP contribution is 2.28.